The topological polar surface area (TPSA) is 12.0 Å². The fraction of sp³-hybridized carbons (Fsp3) is 0.455. The summed E-state index contributed by atoms with van der Waals surface area (Å²) in [7, 11) is 0. The maximum Gasteiger partial charge on any atom is 0.0517 e. The van der Waals surface area contributed by atoms with Crippen molar-refractivity contribution in [2.45, 2.75) is 18.2 Å². The SMILES string of the molecule is CCSc1ccc(CCNCBr)cc1. The van der Waals surface area contributed by atoms with Crippen molar-refractivity contribution < 1.29 is 0 Å². The number of alkyl halides is 1. The summed E-state index contributed by atoms with van der Waals surface area (Å²) in [5.74, 6) is 1.14. The van der Waals surface area contributed by atoms with Gasteiger partial charge in [-0.3, -0.25) is 0 Å². The van der Waals surface area contributed by atoms with Crippen LogP contribution in [0.4, 0.5) is 0 Å². The first-order valence-electron chi connectivity index (χ1n) is 4.85. The molecule has 0 aliphatic heterocycles. The van der Waals surface area contributed by atoms with Crippen LogP contribution in [0.5, 0.6) is 0 Å². The summed E-state index contributed by atoms with van der Waals surface area (Å²) in [6.07, 6.45) is 1.10. The standard InChI is InChI=1S/C11H16BrNS/c1-2-14-11-5-3-10(4-6-11)7-8-13-9-12/h3-6,13H,2,7-9H2,1H3. The normalized spacial score (nSPS) is 10.4. The van der Waals surface area contributed by atoms with E-state index in [1.54, 1.807) is 0 Å². The van der Waals surface area contributed by atoms with Crippen LogP contribution in [-0.4, -0.2) is 17.8 Å². The first-order valence-corrected chi connectivity index (χ1v) is 6.96. The van der Waals surface area contributed by atoms with Crippen LogP contribution in [0.25, 0.3) is 0 Å². The molecule has 0 heterocycles. The van der Waals surface area contributed by atoms with Gasteiger partial charge in [0, 0.05) is 4.90 Å². The Morgan fingerprint density at radius 3 is 2.57 bits per heavy atom. The van der Waals surface area contributed by atoms with Gasteiger partial charge >= 0.3 is 0 Å². The third-order valence-corrected chi connectivity index (χ3v) is 3.21. The lowest BCUT2D eigenvalue weighted by Crippen LogP contribution is -2.14. The van der Waals surface area contributed by atoms with Crippen LogP contribution in [0.2, 0.25) is 0 Å². The average Bonchev–Trinajstić information content (AvgIpc) is 2.21. The molecule has 1 N–H and O–H groups in total. The molecule has 0 radical (unpaired) electrons. The van der Waals surface area contributed by atoms with Gasteiger partial charge in [0.05, 0.1) is 5.45 Å². The van der Waals surface area contributed by atoms with E-state index < -0.39 is 0 Å². The van der Waals surface area contributed by atoms with Gasteiger partial charge < -0.3 is 5.32 Å². The molecule has 0 amide bonds. The fourth-order valence-electron chi connectivity index (χ4n) is 1.22. The van der Waals surface area contributed by atoms with Crippen molar-refractivity contribution in [3.05, 3.63) is 29.8 Å². The van der Waals surface area contributed by atoms with Crippen LogP contribution in [0.1, 0.15) is 12.5 Å². The minimum absolute atomic E-state index is 0.872. The largest absolute Gasteiger partial charge is 0.307 e. The van der Waals surface area contributed by atoms with Crippen LogP contribution in [0, 0.1) is 0 Å². The number of hydrogen-bond donors (Lipinski definition) is 1. The van der Waals surface area contributed by atoms with Crippen molar-refractivity contribution >= 4 is 27.7 Å². The Morgan fingerprint density at radius 1 is 1.29 bits per heavy atom. The highest BCUT2D eigenvalue weighted by Crippen LogP contribution is 2.17. The number of halogens is 1. The molecule has 0 unspecified atom stereocenters. The highest BCUT2D eigenvalue weighted by atomic mass is 79.9. The van der Waals surface area contributed by atoms with Crippen LogP contribution in [0.3, 0.4) is 0 Å². The lowest BCUT2D eigenvalue weighted by molar-refractivity contribution is 0.778. The van der Waals surface area contributed by atoms with Crippen LogP contribution in [-0.2, 0) is 6.42 Å². The summed E-state index contributed by atoms with van der Waals surface area (Å²) in [5.41, 5.74) is 2.27. The lowest BCUT2D eigenvalue weighted by Gasteiger charge is -2.03. The fourth-order valence-corrected chi connectivity index (χ4v) is 2.16. The van der Waals surface area contributed by atoms with E-state index in [2.05, 4.69) is 52.4 Å². The summed E-state index contributed by atoms with van der Waals surface area (Å²) in [6, 6.07) is 8.84. The molecule has 3 heteroatoms. The number of benzene rings is 1. The zero-order chi connectivity index (χ0) is 10.2. The molecule has 0 saturated heterocycles. The molecule has 1 aromatic rings. The lowest BCUT2D eigenvalue weighted by atomic mass is 10.1. The molecule has 0 spiro atoms. The monoisotopic (exact) mass is 273 g/mol. The third kappa shape index (κ3) is 4.49. The summed E-state index contributed by atoms with van der Waals surface area (Å²) < 4.78 is 0. The molecule has 0 bridgehead atoms. The number of thioether (sulfide) groups is 1. The van der Waals surface area contributed by atoms with Crippen molar-refractivity contribution in [3.63, 3.8) is 0 Å². The van der Waals surface area contributed by atoms with E-state index in [4.69, 9.17) is 0 Å². The molecule has 0 aromatic heterocycles. The quantitative estimate of drug-likeness (QED) is 0.370. The van der Waals surface area contributed by atoms with E-state index in [1.807, 2.05) is 11.8 Å². The van der Waals surface area contributed by atoms with E-state index in [0.29, 0.717) is 0 Å². The second-order valence-electron chi connectivity index (χ2n) is 2.96. The molecule has 1 aromatic carbocycles. The second-order valence-corrected chi connectivity index (χ2v) is 4.86. The van der Waals surface area contributed by atoms with Crippen LogP contribution >= 0.6 is 27.7 Å². The molecule has 1 nitrogen and oxygen atoms in total. The Kier molecular flexibility index (Phi) is 6.32. The molecule has 0 saturated carbocycles. The zero-order valence-electron chi connectivity index (χ0n) is 8.42. The van der Waals surface area contributed by atoms with E-state index in [0.717, 1.165) is 24.2 Å². The summed E-state index contributed by atoms with van der Waals surface area (Å²) in [5, 5.41) is 3.25. The maximum atomic E-state index is 3.34. The number of rotatable bonds is 6. The van der Waals surface area contributed by atoms with E-state index in [9.17, 15) is 0 Å². The predicted octanol–water partition coefficient (Wildman–Crippen LogP) is 3.28. The van der Waals surface area contributed by atoms with Gasteiger partial charge in [0.1, 0.15) is 0 Å². The molecule has 0 aliphatic rings. The smallest absolute Gasteiger partial charge is 0.0517 e. The van der Waals surface area contributed by atoms with Crippen LogP contribution in [0.15, 0.2) is 29.2 Å². The molecule has 14 heavy (non-hydrogen) atoms. The van der Waals surface area contributed by atoms with Crippen molar-refractivity contribution in [3.8, 4) is 0 Å². The van der Waals surface area contributed by atoms with Crippen molar-refractivity contribution in [1.82, 2.24) is 5.32 Å². The van der Waals surface area contributed by atoms with Crippen molar-refractivity contribution in [2.75, 3.05) is 17.8 Å². The molecule has 0 atom stereocenters. The van der Waals surface area contributed by atoms with Crippen molar-refractivity contribution in [2.24, 2.45) is 0 Å². The Labute approximate surface area is 98.8 Å². The highest BCUT2D eigenvalue weighted by Gasteiger charge is 1.94. The van der Waals surface area contributed by atoms with Gasteiger partial charge in [-0.25, -0.2) is 0 Å². The minimum atomic E-state index is 0.872. The maximum absolute atomic E-state index is 3.34. The van der Waals surface area contributed by atoms with E-state index in [1.165, 1.54) is 10.5 Å². The van der Waals surface area contributed by atoms with Gasteiger partial charge in [0.2, 0.25) is 0 Å². The Morgan fingerprint density at radius 2 is 2.00 bits per heavy atom. The summed E-state index contributed by atoms with van der Waals surface area (Å²) in [6.45, 7) is 3.21. The van der Waals surface area contributed by atoms with Gasteiger partial charge in [0.25, 0.3) is 0 Å². The Hall–Kier alpha value is 0.01000. The number of hydrogen-bond acceptors (Lipinski definition) is 2. The van der Waals surface area contributed by atoms with Gasteiger partial charge in [-0.1, -0.05) is 35.0 Å². The van der Waals surface area contributed by atoms with E-state index in [-0.39, 0.29) is 0 Å². The van der Waals surface area contributed by atoms with Gasteiger partial charge in [0.15, 0.2) is 0 Å². The van der Waals surface area contributed by atoms with Gasteiger partial charge in [-0.15, -0.1) is 11.8 Å². The van der Waals surface area contributed by atoms with Crippen molar-refractivity contribution in [1.29, 1.82) is 0 Å². The van der Waals surface area contributed by atoms with Gasteiger partial charge in [-0.05, 0) is 36.4 Å². The molecule has 0 aliphatic carbocycles. The zero-order valence-corrected chi connectivity index (χ0v) is 10.8. The number of nitrogens with one attached hydrogen (secondary N) is 1. The summed E-state index contributed by atoms with van der Waals surface area (Å²) >= 11 is 5.23. The van der Waals surface area contributed by atoms with Crippen LogP contribution < -0.4 is 5.32 Å². The molecule has 1 rings (SSSR count). The van der Waals surface area contributed by atoms with E-state index >= 15 is 0 Å². The van der Waals surface area contributed by atoms with Gasteiger partial charge in [-0.2, -0.15) is 0 Å². The first kappa shape index (κ1) is 12.1. The Bertz CT molecular complexity index is 248. The predicted molar refractivity (Wildman–Crippen MR) is 68.3 cm³/mol. The molecular weight excluding hydrogens is 258 g/mol. The second kappa shape index (κ2) is 7.32. The molecule has 0 fully saturated rings. The third-order valence-electron chi connectivity index (χ3n) is 1.92. The first-order chi connectivity index (χ1) is 6.86. The minimum Gasteiger partial charge on any atom is -0.307 e. The Balaban J connectivity index is 2.38. The summed E-state index contributed by atoms with van der Waals surface area (Å²) in [4.78, 5) is 1.37. The molecular formula is C11H16BrNS. The average molecular weight is 274 g/mol. The molecule has 78 valence electrons. The highest BCUT2D eigenvalue weighted by molar-refractivity contribution is 9.09.